The van der Waals surface area contributed by atoms with Crippen LogP contribution in [-0.4, -0.2) is 45.8 Å². The highest BCUT2D eigenvalue weighted by atomic mass is 32.2. The van der Waals surface area contributed by atoms with Crippen LogP contribution >= 0.6 is 11.3 Å². The Bertz CT molecular complexity index is 985. The zero-order valence-corrected chi connectivity index (χ0v) is 16.9. The number of hydrogen-bond donors (Lipinski definition) is 2. The molecule has 0 saturated carbocycles. The van der Waals surface area contributed by atoms with Gasteiger partial charge >= 0.3 is 0 Å². The molecule has 0 aliphatic carbocycles. The van der Waals surface area contributed by atoms with Gasteiger partial charge in [-0.3, -0.25) is 4.79 Å². The Labute approximate surface area is 162 Å². The SMILES string of the molecule is CS(=O)(=O)CCC(NS(=O)(=O)/C=C/c1ccccc1)C(=O)Nc1nccs1. The van der Waals surface area contributed by atoms with Crippen molar-refractivity contribution in [3.8, 4) is 0 Å². The van der Waals surface area contributed by atoms with Crippen molar-refractivity contribution in [1.29, 1.82) is 0 Å². The molecular weight excluding hydrogens is 410 g/mol. The van der Waals surface area contributed by atoms with Gasteiger partial charge in [-0.25, -0.2) is 21.8 Å². The Hall–Kier alpha value is -2.08. The number of aromatic nitrogens is 1. The van der Waals surface area contributed by atoms with Crippen molar-refractivity contribution >= 4 is 48.3 Å². The molecule has 0 fully saturated rings. The molecule has 0 aliphatic rings. The first-order valence-corrected chi connectivity index (χ1v) is 12.3. The number of hydrogen-bond acceptors (Lipinski definition) is 7. The molecule has 11 heteroatoms. The highest BCUT2D eigenvalue weighted by molar-refractivity contribution is 7.92. The van der Waals surface area contributed by atoms with Crippen molar-refractivity contribution in [2.75, 3.05) is 17.3 Å². The van der Waals surface area contributed by atoms with Crippen LogP contribution in [0.4, 0.5) is 5.13 Å². The van der Waals surface area contributed by atoms with Crippen LogP contribution in [-0.2, 0) is 24.7 Å². The van der Waals surface area contributed by atoms with Gasteiger partial charge in [0.15, 0.2) is 5.13 Å². The standard InChI is InChI=1S/C16H19N3O5S3/c1-26(21,22)11-8-14(15(20)18-16-17-9-10-25-16)19-27(23,24)12-7-13-5-3-2-4-6-13/h2-7,9-10,12,14,19H,8,11H2,1H3,(H,17,18,20)/b12-7+. The molecule has 0 bridgehead atoms. The number of benzene rings is 1. The van der Waals surface area contributed by atoms with Crippen LogP contribution in [0.15, 0.2) is 47.3 Å². The number of nitrogens with zero attached hydrogens (tertiary/aromatic N) is 1. The lowest BCUT2D eigenvalue weighted by atomic mass is 10.2. The topological polar surface area (TPSA) is 122 Å². The number of anilines is 1. The lowest BCUT2D eigenvalue weighted by Gasteiger charge is -2.16. The molecule has 0 radical (unpaired) electrons. The van der Waals surface area contributed by atoms with E-state index in [1.165, 1.54) is 23.6 Å². The van der Waals surface area contributed by atoms with E-state index in [-0.39, 0.29) is 12.2 Å². The smallest absolute Gasteiger partial charge is 0.244 e. The molecule has 0 spiro atoms. The first-order valence-electron chi connectivity index (χ1n) is 7.78. The molecule has 146 valence electrons. The van der Waals surface area contributed by atoms with Crippen LogP contribution in [0.2, 0.25) is 0 Å². The summed E-state index contributed by atoms with van der Waals surface area (Å²) in [6.07, 6.45) is 3.69. The van der Waals surface area contributed by atoms with Crippen LogP contribution < -0.4 is 10.0 Å². The van der Waals surface area contributed by atoms with E-state index in [4.69, 9.17) is 0 Å². The zero-order valence-electron chi connectivity index (χ0n) is 14.4. The highest BCUT2D eigenvalue weighted by Gasteiger charge is 2.25. The Balaban J connectivity index is 2.13. The molecule has 1 unspecified atom stereocenters. The minimum absolute atomic E-state index is 0.200. The third-order valence-electron chi connectivity index (χ3n) is 3.30. The number of rotatable bonds is 9. The maximum absolute atomic E-state index is 12.4. The molecule has 1 aromatic heterocycles. The summed E-state index contributed by atoms with van der Waals surface area (Å²) in [5.41, 5.74) is 0.669. The molecular formula is C16H19N3O5S3. The maximum atomic E-state index is 12.4. The first kappa shape index (κ1) is 21.2. The van der Waals surface area contributed by atoms with Gasteiger partial charge in [0.25, 0.3) is 0 Å². The molecule has 0 saturated heterocycles. The number of amides is 1. The third kappa shape index (κ3) is 7.99. The summed E-state index contributed by atoms with van der Waals surface area (Å²) in [7, 11) is -7.35. The van der Waals surface area contributed by atoms with E-state index in [2.05, 4.69) is 15.0 Å². The number of sulfone groups is 1. The van der Waals surface area contributed by atoms with Gasteiger partial charge in [-0.15, -0.1) is 11.3 Å². The van der Waals surface area contributed by atoms with Crippen LogP contribution in [0.3, 0.4) is 0 Å². The summed E-state index contributed by atoms with van der Waals surface area (Å²) < 4.78 is 49.7. The average Bonchev–Trinajstić information content (AvgIpc) is 3.10. The monoisotopic (exact) mass is 429 g/mol. The predicted molar refractivity (Wildman–Crippen MR) is 106 cm³/mol. The Morgan fingerprint density at radius 2 is 1.93 bits per heavy atom. The second kappa shape index (κ2) is 9.22. The second-order valence-electron chi connectivity index (χ2n) is 5.67. The van der Waals surface area contributed by atoms with Gasteiger partial charge in [0.1, 0.15) is 15.9 Å². The van der Waals surface area contributed by atoms with Crippen molar-refractivity contribution in [1.82, 2.24) is 9.71 Å². The maximum Gasteiger partial charge on any atom is 0.244 e. The van der Waals surface area contributed by atoms with Gasteiger partial charge in [0.2, 0.25) is 15.9 Å². The number of thiazole rings is 1. The van der Waals surface area contributed by atoms with Crippen molar-refractivity contribution < 1.29 is 21.6 Å². The molecule has 8 nitrogen and oxygen atoms in total. The molecule has 2 rings (SSSR count). The van der Waals surface area contributed by atoms with Crippen LogP contribution in [0, 0.1) is 0 Å². The molecule has 1 atom stereocenters. The summed E-state index contributed by atoms with van der Waals surface area (Å²) in [5, 5.41) is 5.36. The van der Waals surface area contributed by atoms with Gasteiger partial charge in [-0.1, -0.05) is 30.3 Å². The fourth-order valence-electron chi connectivity index (χ4n) is 2.02. The predicted octanol–water partition coefficient (Wildman–Crippen LogP) is 1.48. The van der Waals surface area contributed by atoms with E-state index in [9.17, 15) is 21.6 Å². The summed E-state index contributed by atoms with van der Waals surface area (Å²) in [4.78, 5) is 16.3. The fourth-order valence-corrected chi connectivity index (χ4v) is 4.26. The average molecular weight is 430 g/mol. The van der Waals surface area contributed by atoms with Gasteiger partial charge in [0.05, 0.1) is 5.75 Å². The zero-order chi connectivity index (χ0) is 19.9. The van der Waals surface area contributed by atoms with Crippen molar-refractivity contribution in [3.05, 3.63) is 52.9 Å². The van der Waals surface area contributed by atoms with Crippen LogP contribution in [0.5, 0.6) is 0 Å². The van der Waals surface area contributed by atoms with E-state index < -0.39 is 31.8 Å². The Kier molecular flexibility index (Phi) is 7.25. The normalized spacial score (nSPS) is 13.5. The molecule has 2 N–H and O–H groups in total. The second-order valence-corrected chi connectivity index (χ2v) is 10.4. The summed E-state index contributed by atoms with van der Waals surface area (Å²) in [5.74, 6) is -1.02. The van der Waals surface area contributed by atoms with Crippen molar-refractivity contribution in [3.63, 3.8) is 0 Å². The minimum Gasteiger partial charge on any atom is -0.301 e. The van der Waals surface area contributed by atoms with Gasteiger partial charge < -0.3 is 5.32 Å². The van der Waals surface area contributed by atoms with Gasteiger partial charge in [0, 0.05) is 23.2 Å². The molecule has 1 amide bonds. The lowest BCUT2D eigenvalue weighted by molar-refractivity contribution is -0.117. The van der Waals surface area contributed by atoms with E-state index >= 15 is 0 Å². The van der Waals surface area contributed by atoms with E-state index in [0.29, 0.717) is 10.7 Å². The number of carbonyl (C=O) groups excluding carboxylic acids is 1. The van der Waals surface area contributed by atoms with Crippen LogP contribution in [0.25, 0.3) is 6.08 Å². The summed E-state index contributed by atoms with van der Waals surface area (Å²) in [6.45, 7) is 0. The molecule has 0 aliphatic heterocycles. The van der Waals surface area contributed by atoms with Crippen molar-refractivity contribution in [2.24, 2.45) is 0 Å². The minimum atomic E-state index is -3.97. The van der Waals surface area contributed by atoms with E-state index in [1.54, 1.807) is 35.7 Å². The number of carbonyl (C=O) groups is 1. The number of sulfonamides is 1. The molecule has 27 heavy (non-hydrogen) atoms. The van der Waals surface area contributed by atoms with Crippen LogP contribution in [0.1, 0.15) is 12.0 Å². The molecule has 1 aromatic carbocycles. The largest absolute Gasteiger partial charge is 0.301 e. The quantitative estimate of drug-likeness (QED) is 0.622. The molecule has 1 heterocycles. The summed E-state index contributed by atoms with van der Waals surface area (Å²) >= 11 is 1.17. The lowest BCUT2D eigenvalue weighted by Crippen LogP contribution is -2.44. The highest BCUT2D eigenvalue weighted by Crippen LogP contribution is 2.12. The van der Waals surface area contributed by atoms with Crippen molar-refractivity contribution in [2.45, 2.75) is 12.5 Å². The third-order valence-corrected chi connectivity index (χ3v) is 6.08. The Morgan fingerprint density at radius 3 is 2.52 bits per heavy atom. The van der Waals surface area contributed by atoms with Gasteiger partial charge in [-0.05, 0) is 18.1 Å². The van der Waals surface area contributed by atoms with E-state index in [1.807, 2.05) is 0 Å². The summed E-state index contributed by atoms with van der Waals surface area (Å²) in [6, 6.07) is 7.51. The fraction of sp³-hybridized carbons (Fsp3) is 0.250. The Morgan fingerprint density at radius 1 is 1.22 bits per heavy atom. The van der Waals surface area contributed by atoms with E-state index in [0.717, 1.165) is 11.7 Å². The molecule has 2 aromatic rings. The van der Waals surface area contributed by atoms with Gasteiger partial charge in [-0.2, -0.15) is 4.72 Å². The first-order chi connectivity index (χ1) is 12.6. The number of nitrogens with one attached hydrogen (secondary N) is 2.